The Morgan fingerprint density at radius 2 is 1.81 bits per heavy atom. The number of carboxylic acids is 1. The lowest BCUT2D eigenvalue weighted by Gasteiger charge is -2.07. The first-order valence-electron chi connectivity index (χ1n) is 8.51. The molecule has 0 aromatic heterocycles. The molecule has 0 unspecified atom stereocenters. The third-order valence-corrected chi connectivity index (χ3v) is 3.91. The van der Waals surface area contributed by atoms with Gasteiger partial charge in [0, 0.05) is 0 Å². The van der Waals surface area contributed by atoms with Gasteiger partial charge in [-0.05, 0) is 66.6 Å². The quantitative estimate of drug-likeness (QED) is 0.472. The molecule has 3 aromatic rings. The molecule has 0 aliphatic heterocycles. The van der Waals surface area contributed by atoms with Crippen LogP contribution >= 0.6 is 0 Å². The zero-order chi connectivity index (χ0) is 19.1. The number of hydrogen-bond acceptors (Lipinski definition) is 4. The smallest absolute Gasteiger partial charge is 0.335 e. The lowest BCUT2D eigenvalue weighted by molar-refractivity contribution is 0.0697. The van der Waals surface area contributed by atoms with Crippen LogP contribution in [0.4, 0.5) is 5.69 Å². The number of nitrogens with one attached hydrogen (secondary N) is 1. The van der Waals surface area contributed by atoms with E-state index in [-0.39, 0.29) is 5.56 Å². The Hall–Kier alpha value is -3.60. The molecule has 136 valence electrons. The second-order valence-electron chi connectivity index (χ2n) is 6.10. The fourth-order valence-corrected chi connectivity index (χ4v) is 2.49. The lowest BCUT2D eigenvalue weighted by Crippen LogP contribution is -1.97. The van der Waals surface area contributed by atoms with E-state index in [1.54, 1.807) is 18.3 Å². The number of ether oxygens (including phenoxy) is 1. The fraction of sp³-hybridized carbons (Fsp3) is 0.0909. The first-order valence-corrected chi connectivity index (χ1v) is 8.51. The number of carboxylic acid groups (broad SMARTS) is 1. The minimum absolute atomic E-state index is 0.241. The van der Waals surface area contributed by atoms with Crippen LogP contribution in [0.15, 0.2) is 77.9 Å². The molecule has 0 atom stereocenters. The molecule has 0 amide bonds. The van der Waals surface area contributed by atoms with Gasteiger partial charge in [0.2, 0.25) is 0 Å². The standard InChI is InChI=1S/C22H20N2O3/c1-16-3-2-4-18(13-16)15-27-21-11-5-17(6-12-21)14-23-24-20-9-7-19(8-10-20)22(25)26/h2-14,24H,15H2,1H3,(H,25,26)/b23-14+. The Labute approximate surface area is 157 Å². The van der Waals surface area contributed by atoms with Crippen LogP contribution in [-0.2, 0) is 6.61 Å². The number of nitrogens with zero attached hydrogens (tertiary/aromatic N) is 1. The Bertz CT molecular complexity index is 933. The zero-order valence-corrected chi connectivity index (χ0v) is 14.9. The van der Waals surface area contributed by atoms with E-state index in [2.05, 4.69) is 29.6 Å². The van der Waals surface area contributed by atoms with Crippen LogP contribution < -0.4 is 10.2 Å². The van der Waals surface area contributed by atoms with Crippen molar-refractivity contribution >= 4 is 17.9 Å². The SMILES string of the molecule is Cc1cccc(COc2ccc(/C=N/Nc3ccc(C(=O)O)cc3)cc2)c1. The maximum Gasteiger partial charge on any atom is 0.335 e. The molecule has 5 heteroatoms. The van der Waals surface area contributed by atoms with Crippen molar-refractivity contribution in [2.75, 3.05) is 5.43 Å². The first-order chi connectivity index (χ1) is 13.1. The van der Waals surface area contributed by atoms with Crippen molar-refractivity contribution in [1.82, 2.24) is 0 Å². The summed E-state index contributed by atoms with van der Waals surface area (Å²) >= 11 is 0. The minimum atomic E-state index is -0.949. The van der Waals surface area contributed by atoms with Crippen LogP contribution in [0.25, 0.3) is 0 Å². The van der Waals surface area contributed by atoms with Crippen LogP contribution in [0.5, 0.6) is 5.75 Å². The van der Waals surface area contributed by atoms with E-state index in [1.165, 1.54) is 17.7 Å². The van der Waals surface area contributed by atoms with Crippen LogP contribution in [0.2, 0.25) is 0 Å². The molecular formula is C22H20N2O3. The number of rotatable bonds is 7. The maximum absolute atomic E-state index is 10.8. The van der Waals surface area contributed by atoms with Gasteiger partial charge >= 0.3 is 5.97 Å². The highest BCUT2D eigenvalue weighted by molar-refractivity contribution is 5.88. The molecule has 0 spiro atoms. The number of aryl methyl sites for hydroxylation is 1. The van der Waals surface area contributed by atoms with Crippen molar-refractivity contribution in [3.63, 3.8) is 0 Å². The van der Waals surface area contributed by atoms with E-state index in [1.807, 2.05) is 36.4 Å². The average molecular weight is 360 g/mol. The highest BCUT2D eigenvalue weighted by atomic mass is 16.5. The topological polar surface area (TPSA) is 70.9 Å². The van der Waals surface area contributed by atoms with E-state index in [0.29, 0.717) is 12.3 Å². The van der Waals surface area contributed by atoms with Crippen molar-refractivity contribution in [2.45, 2.75) is 13.5 Å². The highest BCUT2D eigenvalue weighted by Crippen LogP contribution is 2.14. The third kappa shape index (κ3) is 5.44. The molecule has 5 nitrogen and oxygen atoms in total. The van der Waals surface area contributed by atoms with Gasteiger partial charge in [0.05, 0.1) is 17.5 Å². The predicted molar refractivity (Wildman–Crippen MR) is 107 cm³/mol. The van der Waals surface area contributed by atoms with Crippen molar-refractivity contribution in [1.29, 1.82) is 0 Å². The number of carbonyl (C=O) groups is 1. The van der Waals surface area contributed by atoms with Gasteiger partial charge in [-0.1, -0.05) is 29.8 Å². The predicted octanol–water partition coefficient (Wildman–Crippen LogP) is 4.72. The molecule has 3 rings (SSSR count). The lowest BCUT2D eigenvalue weighted by atomic mass is 10.1. The van der Waals surface area contributed by atoms with Crippen LogP contribution in [0.1, 0.15) is 27.0 Å². The molecule has 3 aromatic carbocycles. The summed E-state index contributed by atoms with van der Waals surface area (Å²) in [6.45, 7) is 2.59. The largest absolute Gasteiger partial charge is 0.489 e. The highest BCUT2D eigenvalue weighted by Gasteiger charge is 2.01. The Morgan fingerprint density at radius 1 is 1.07 bits per heavy atom. The summed E-state index contributed by atoms with van der Waals surface area (Å²) in [5.74, 6) is -0.152. The van der Waals surface area contributed by atoms with E-state index < -0.39 is 5.97 Å². The van der Waals surface area contributed by atoms with Crippen molar-refractivity contribution in [3.05, 3.63) is 95.1 Å². The van der Waals surface area contributed by atoms with Gasteiger partial charge < -0.3 is 9.84 Å². The molecule has 0 bridgehead atoms. The van der Waals surface area contributed by atoms with Crippen molar-refractivity contribution in [2.24, 2.45) is 5.10 Å². The summed E-state index contributed by atoms with van der Waals surface area (Å²) in [6, 6.07) is 22.3. The van der Waals surface area contributed by atoms with Gasteiger partial charge in [0.1, 0.15) is 12.4 Å². The summed E-state index contributed by atoms with van der Waals surface area (Å²) < 4.78 is 5.80. The van der Waals surface area contributed by atoms with E-state index >= 15 is 0 Å². The monoisotopic (exact) mass is 360 g/mol. The number of hydrazone groups is 1. The van der Waals surface area contributed by atoms with Gasteiger partial charge in [0.25, 0.3) is 0 Å². The first kappa shape index (κ1) is 18.2. The van der Waals surface area contributed by atoms with Gasteiger partial charge in [-0.3, -0.25) is 5.43 Å². The summed E-state index contributed by atoms with van der Waals surface area (Å²) in [7, 11) is 0. The van der Waals surface area contributed by atoms with Gasteiger partial charge in [-0.2, -0.15) is 5.10 Å². The normalized spacial score (nSPS) is 10.7. The summed E-state index contributed by atoms with van der Waals surface area (Å²) in [4.78, 5) is 10.8. The minimum Gasteiger partial charge on any atom is -0.489 e. The second kappa shape index (κ2) is 8.67. The number of aromatic carboxylic acids is 1. The van der Waals surface area contributed by atoms with E-state index in [4.69, 9.17) is 9.84 Å². The summed E-state index contributed by atoms with van der Waals surface area (Å²) in [6.07, 6.45) is 1.69. The molecule has 0 aliphatic carbocycles. The molecule has 0 saturated carbocycles. The number of benzene rings is 3. The molecule has 2 N–H and O–H groups in total. The molecule has 0 radical (unpaired) electrons. The second-order valence-corrected chi connectivity index (χ2v) is 6.10. The number of hydrogen-bond donors (Lipinski definition) is 2. The van der Waals surface area contributed by atoms with Crippen molar-refractivity contribution in [3.8, 4) is 5.75 Å². The zero-order valence-electron chi connectivity index (χ0n) is 14.9. The van der Waals surface area contributed by atoms with Crippen LogP contribution in [0, 0.1) is 6.92 Å². The Kier molecular flexibility index (Phi) is 5.84. The molecule has 0 saturated heterocycles. The molecule has 27 heavy (non-hydrogen) atoms. The van der Waals surface area contributed by atoms with E-state index in [9.17, 15) is 4.79 Å². The maximum atomic E-state index is 10.8. The number of anilines is 1. The van der Waals surface area contributed by atoms with Crippen LogP contribution in [-0.4, -0.2) is 17.3 Å². The van der Waals surface area contributed by atoms with Gasteiger partial charge in [0.15, 0.2) is 0 Å². The Morgan fingerprint density at radius 3 is 2.48 bits per heavy atom. The van der Waals surface area contributed by atoms with Crippen LogP contribution in [0.3, 0.4) is 0 Å². The Balaban J connectivity index is 1.52. The van der Waals surface area contributed by atoms with Crippen molar-refractivity contribution < 1.29 is 14.6 Å². The van der Waals surface area contributed by atoms with Gasteiger partial charge in [-0.15, -0.1) is 0 Å². The summed E-state index contributed by atoms with van der Waals surface area (Å²) in [5, 5.41) is 13.0. The molecular weight excluding hydrogens is 340 g/mol. The fourth-order valence-electron chi connectivity index (χ4n) is 2.49. The van der Waals surface area contributed by atoms with Gasteiger partial charge in [-0.25, -0.2) is 4.79 Å². The summed E-state index contributed by atoms with van der Waals surface area (Å²) in [5.41, 5.74) is 7.11. The average Bonchev–Trinajstić information content (AvgIpc) is 2.68. The molecule has 0 heterocycles. The third-order valence-electron chi connectivity index (χ3n) is 3.91. The molecule has 0 aliphatic rings. The molecule has 0 fully saturated rings. The van der Waals surface area contributed by atoms with E-state index in [0.717, 1.165) is 16.9 Å².